The summed E-state index contributed by atoms with van der Waals surface area (Å²) in [6.07, 6.45) is 0. The van der Waals surface area contributed by atoms with E-state index >= 15 is 0 Å². The second-order valence-electron chi connectivity index (χ2n) is 4.47. The highest BCUT2D eigenvalue weighted by atomic mass is 19.1. The third-order valence-electron chi connectivity index (χ3n) is 2.84. The Labute approximate surface area is 120 Å². The Morgan fingerprint density at radius 1 is 1.10 bits per heavy atom. The molecule has 0 unspecified atom stereocenters. The first-order chi connectivity index (χ1) is 9.98. The van der Waals surface area contributed by atoms with E-state index in [1.165, 1.54) is 18.2 Å². The van der Waals surface area contributed by atoms with Crippen molar-refractivity contribution in [2.24, 2.45) is 0 Å². The summed E-state index contributed by atoms with van der Waals surface area (Å²) in [6, 6.07) is 5.29. The van der Waals surface area contributed by atoms with Gasteiger partial charge in [-0.3, -0.25) is 9.59 Å². The Bertz CT molecular complexity index is 497. The molecule has 0 aliphatic rings. The number of hydrogen-bond acceptors (Lipinski definition) is 5. The molecule has 0 fully saturated rings. The molecule has 0 radical (unpaired) electrons. The molecule has 0 aromatic heterocycles. The van der Waals surface area contributed by atoms with Crippen molar-refractivity contribution in [3.63, 3.8) is 0 Å². The van der Waals surface area contributed by atoms with Gasteiger partial charge in [0.05, 0.1) is 31.9 Å². The second kappa shape index (κ2) is 7.67. The molecule has 0 spiro atoms. The highest BCUT2D eigenvalue weighted by molar-refractivity contribution is 5.96. The zero-order valence-electron chi connectivity index (χ0n) is 11.2. The fourth-order valence-corrected chi connectivity index (χ4v) is 1.51. The molecular weight excluding hydrogens is 283 g/mol. The smallest absolute Gasteiger partial charge is 0.254 e. The van der Waals surface area contributed by atoms with Crippen LogP contribution in [-0.4, -0.2) is 59.0 Å². The number of aliphatic hydroxyl groups is 3. The molecular formula is C13H17FN2O5. The standard InChI is InChI=1S/C13H17FN2O5/c14-10-4-2-1-3-9(10)12(21)15-5-11(20)16-13(6-17,7-18)8-19/h1-4,17-19H,5-8H2,(H,15,21)(H,16,20). The lowest BCUT2D eigenvalue weighted by Gasteiger charge is -2.28. The molecule has 116 valence electrons. The minimum Gasteiger partial charge on any atom is -0.394 e. The normalized spacial score (nSPS) is 11.0. The van der Waals surface area contributed by atoms with E-state index in [0.717, 1.165) is 6.07 Å². The summed E-state index contributed by atoms with van der Waals surface area (Å²) < 4.78 is 13.3. The maximum atomic E-state index is 13.3. The lowest BCUT2D eigenvalue weighted by molar-refractivity contribution is -0.124. The van der Waals surface area contributed by atoms with Crippen LogP contribution in [0.2, 0.25) is 0 Å². The van der Waals surface area contributed by atoms with E-state index in [1.807, 2.05) is 0 Å². The van der Waals surface area contributed by atoms with Crippen LogP contribution >= 0.6 is 0 Å². The van der Waals surface area contributed by atoms with Crippen molar-refractivity contribution < 1.29 is 29.3 Å². The van der Waals surface area contributed by atoms with Crippen LogP contribution in [0.4, 0.5) is 4.39 Å². The average Bonchev–Trinajstić information content (AvgIpc) is 2.51. The van der Waals surface area contributed by atoms with E-state index in [4.69, 9.17) is 15.3 Å². The Balaban J connectivity index is 2.57. The quantitative estimate of drug-likeness (QED) is 0.415. The van der Waals surface area contributed by atoms with Gasteiger partial charge in [-0.05, 0) is 12.1 Å². The summed E-state index contributed by atoms with van der Waals surface area (Å²) in [6.45, 7) is -2.51. The lowest BCUT2D eigenvalue weighted by Crippen LogP contribution is -2.58. The fraction of sp³-hybridized carbons (Fsp3) is 0.385. The van der Waals surface area contributed by atoms with E-state index < -0.39 is 49.5 Å². The van der Waals surface area contributed by atoms with Gasteiger partial charge in [0.2, 0.25) is 5.91 Å². The van der Waals surface area contributed by atoms with Gasteiger partial charge in [-0.1, -0.05) is 12.1 Å². The van der Waals surface area contributed by atoms with E-state index in [1.54, 1.807) is 0 Å². The Morgan fingerprint density at radius 2 is 1.67 bits per heavy atom. The topological polar surface area (TPSA) is 119 Å². The number of aliphatic hydroxyl groups excluding tert-OH is 3. The van der Waals surface area contributed by atoms with Crippen LogP contribution < -0.4 is 10.6 Å². The fourth-order valence-electron chi connectivity index (χ4n) is 1.51. The van der Waals surface area contributed by atoms with Crippen LogP contribution in [0.15, 0.2) is 24.3 Å². The van der Waals surface area contributed by atoms with Crippen molar-refractivity contribution in [2.75, 3.05) is 26.4 Å². The summed E-state index contributed by atoms with van der Waals surface area (Å²) in [5.41, 5.74) is -1.78. The Kier molecular flexibility index (Phi) is 6.22. The van der Waals surface area contributed by atoms with Gasteiger partial charge < -0.3 is 26.0 Å². The minimum atomic E-state index is -1.57. The maximum absolute atomic E-state index is 13.3. The van der Waals surface area contributed by atoms with Crippen molar-refractivity contribution in [3.05, 3.63) is 35.6 Å². The van der Waals surface area contributed by atoms with E-state index in [2.05, 4.69) is 10.6 Å². The van der Waals surface area contributed by atoms with E-state index in [-0.39, 0.29) is 5.56 Å². The molecule has 5 N–H and O–H groups in total. The molecule has 0 aliphatic carbocycles. The van der Waals surface area contributed by atoms with Gasteiger partial charge in [0.15, 0.2) is 0 Å². The first-order valence-corrected chi connectivity index (χ1v) is 6.14. The highest BCUT2D eigenvalue weighted by Gasteiger charge is 2.29. The molecule has 8 heteroatoms. The van der Waals surface area contributed by atoms with Crippen molar-refractivity contribution in [3.8, 4) is 0 Å². The average molecular weight is 300 g/mol. The number of benzene rings is 1. The molecule has 0 heterocycles. The predicted octanol–water partition coefficient (Wildman–Crippen LogP) is -1.61. The molecule has 1 aromatic carbocycles. The third-order valence-corrected chi connectivity index (χ3v) is 2.84. The lowest BCUT2D eigenvalue weighted by atomic mass is 10.0. The number of halogens is 1. The zero-order valence-corrected chi connectivity index (χ0v) is 11.2. The minimum absolute atomic E-state index is 0.206. The molecule has 0 saturated heterocycles. The highest BCUT2D eigenvalue weighted by Crippen LogP contribution is 2.05. The van der Waals surface area contributed by atoms with Gasteiger partial charge in [-0.15, -0.1) is 0 Å². The number of amides is 2. The predicted molar refractivity (Wildman–Crippen MR) is 70.9 cm³/mol. The molecule has 0 atom stereocenters. The molecule has 7 nitrogen and oxygen atoms in total. The van der Waals surface area contributed by atoms with Gasteiger partial charge >= 0.3 is 0 Å². The van der Waals surface area contributed by atoms with Gasteiger partial charge in [-0.25, -0.2) is 4.39 Å². The van der Waals surface area contributed by atoms with Crippen LogP contribution in [0.5, 0.6) is 0 Å². The van der Waals surface area contributed by atoms with Crippen molar-refractivity contribution in [1.29, 1.82) is 0 Å². The van der Waals surface area contributed by atoms with Crippen LogP contribution in [0.1, 0.15) is 10.4 Å². The largest absolute Gasteiger partial charge is 0.394 e. The van der Waals surface area contributed by atoms with Gasteiger partial charge in [-0.2, -0.15) is 0 Å². The molecule has 1 rings (SSSR count). The van der Waals surface area contributed by atoms with E-state index in [0.29, 0.717) is 0 Å². The zero-order chi connectivity index (χ0) is 15.9. The molecule has 2 amide bonds. The molecule has 0 aliphatic heterocycles. The molecule has 0 saturated carbocycles. The molecule has 21 heavy (non-hydrogen) atoms. The summed E-state index contributed by atoms with van der Waals surface area (Å²) >= 11 is 0. The monoisotopic (exact) mass is 300 g/mol. The molecule has 0 bridgehead atoms. The van der Waals surface area contributed by atoms with Crippen LogP contribution in [0.3, 0.4) is 0 Å². The van der Waals surface area contributed by atoms with E-state index in [9.17, 15) is 14.0 Å². The van der Waals surface area contributed by atoms with Crippen molar-refractivity contribution >= 4 is 11.8 Å². The van der Waals surface area contributed by atoms with Crippen molar-refractivity contribution in [1.82, 2.24) is 10.6 Å². The van der Waals surface area contributed by atoms with Crippen LogP contribution in [-0.2, 0) is 4.79 Å². The SMILES string of the molecule is O=C(CNC(=O)c1ccccc1F)NC(CO)(CO)CO. The summed E-state index contributed by atoms with van der Waals surface area (Å²) in [7, 11) is 0. The summed E-state index contributed by atoms with van der Waals surface area (Å²) in [5.74, 6) is -2.23. The first kappa shape index (κ1) is 17.0. The number of carbonyl (C=O) groups is 2. The number of hydrogen-bond donors (Lipinski definition) is 5. The van der Waals surface area contributed by atoms with Crippen LogP contribution in [0, 0.1) is 5.82 Å². The number of carbonyl (C=O) groups excluding carboxylic acids is 2. The van der Waals surface area contributed by atoms with Gasteiger partial charge in [0, 0.05) is 0 Å². The summed E-state index contributed by atoms with van der Waals surface area (Å²) in [4.78, 5) is 23.3. The molecule has 1 aromatic rings. The Morgan fingerprint density at radius 3 is 2.19 bits per heavy atom. The number of nitrogens with one attached hydrogen (secondary N) is 2. The summed E-state index contributed by atoms with van der Waals surface area (Å²) in [5, 5.41) is 31.5. The van der Waals surface area contributed by atoms with Crippen molar-refractivity contribution in [2.45, 2.75) is 5.54 Å². The number of rotatable bonds is 7. The Hall–Kier alpha value is -2.03. The van der Waals surface area contributed by atoms with Gasteiger partial charge in [0.1, 0.15) is 11.4 Å². The van der Waals surface area contributed by atoms with Crippen LogP contribution in [0.25, 0.3) is 0 Å². The second-order valence-corrected chi connectivity index (χ2v) is 4.47. The maximum Gasteiger partial charge on any atom is 0.254 e. The first-order valence-electron chi connectivity index (χ1n) is 6.14. The third kappa shape index (κ3) is 4.48. The van der Waals surface area contributed by atoms with Gasteiger partial charge in [0.25, 0.3) is 5.91 Å².